The van der Waals surface area contributed by atoms with Crippen molar-refractivity contribution in [3.05, 3.63) is 102 Å². The first-order chi connectivity index (χ1) is 22.1. The number of nitrogens with zero attached hydrogens (tertiary/aromatic N) is 2. The van der Waals surface area contributed by atoms with Crippen LogP contribution in [0, 0.1) is 0 Å². The Bertz CT molecular complexity index is 1920. The van der Waals surface area contributed by atoms with E-state index in [0.717, 1.165) is 53.8 Å². The molecule has 3 aromatic carbocycles. The minimum absolute atomic E-state index is 0.0285. The highest BCUT2D eigenvalue weighted by atomic mass is 79.9. The maximum absolute atomic E-state index is 7.59. The standard InChI is InChI=1S/C42H46BrClN2O/c1-22-20-39(4,5)45-14-10-12-26-35-31(18-28(22)37(26)45)42(30-16-25(43)17-33(44)34(30)24(3)47-42)32-19-29-23(2)21-40(6,7)46-15-11-13-27(38(29)46)36(32)41(35,8)9/h16-21,24H,10-15H2,1-9H3. The topological polar surface area (TPSA) is 15.7 Å². The van der Waals surface area contributed by atoms with Gasteiger partial charge in [-0.05, 0) is 143 Å². The zero-order valence-corrected chi connectivity index (χ0v) is 31.7. The molecule has 244 valence electrons. The second-order valence-corrected chi connectivity index (χ2v) is 18.1. The Hall–Kier alpha value is -2.53. The fraction of sp³-hybridized carbons (Fsp3) is 0.476. The molecule has 1 atom stereocenters. The van der Waals surface area contributed by atoms with Crippen molar-refractivity contribution in [3.8, 4) is 0 Å². The molecule has 0 fully saturated rings. The lowest BCUT2D eigenvalue weighted by Gasteiger charge is -2.54. The molecule has 3 nitrogen and oxygen atoms in total. The molecule has 3 aromatic rings. The summed E-state index contributed by atoms with van der Waals surface area (Å²) in [6, 6.07) is 9.43. The molecule has 1 spiro atoms. The molecule has 0 saturated heterocycles. The monoisotopic (exact) mass is 708 g/mol. The third-order valence-corrected chi connectivity index (χ3v) is 13.4. The van der Waals surface area contributed by atoms with Crippen molar-refractivity contribution in [1.29, 1.82) is 0 Å². The van der Waals surface area contributed by atoms with E-state index in [1.807, 2.05) is 6.07 Å². The van der Waals surface area contributed by atoms with Crippen molar-refractivity contribution in [2.24, 2.45) is 0 Å². The first-order valence-electron chi connectivity index (χ1n) is 17.6. The number of anilines is 2. The molecule has 1 unspecified atom stereocenters. The van der Waals surface area contributed by atoms with E-state index in [2.05, 4.69) is 118 Å². The first kappa shape index (κ1) is 30.5. The summed E-state index contributed by atoms with van der Waals surface area (Å²) >= 11 is 11.0. The predicted molar refractivity (Wildman–Crippen MR) is 200 cm³/mol. The van der Waals surface area contributed by atoms with Gasteiger partial charge in [-0.25, -0.2) is 0 Å². The van der Waals surface area contributed by atoms with Gasteiger partial charge in [0.15, 0.2) is 0 Å². The molecule has 47 heavy (non-hydrogen) atoms. The second kappa shape index (κ2) is 9.37. The predicted octanol–water partition coefficient (Wildman–Crippen LogP) is 11.0. The molecule has 0 aromatic heterocycles. The van der Waals surface area contributed by atoms with E-state index in [0.29, 0.717) is 0 Å². The van der Waals surface area contributed by atoms with E-state index in [9.17, 15) is 0 Å². The van der Waals surface area contributed by atoms with Crippen molar-refractivity contribution in [2.75, 3.05) is 22.9 Å². The number of hydrogen-bond acceptors (Lipinski definition) is 3. The SMILES string of the molecule is CC1=CC(C)(C)N2CCCc3c2c1cc1c3C(C)(C)c2c(cc3c4c2CCCN4C(C)(C)C=C3C)C12OC(C)c1c(Cl)cc(Br)cc12. The van der Waals surface area contributed by atoms with Gasteiger partial charge >= 0.3 is 0 Å². The van der Waals surface area contributed by atoms with E-state index in [1.165, 1.54) is 72.6 Å². The Kier molecular flexibility index (Phi) is 6.09. The maximum Gasteiger partial charge on any atom is 0.145 e. The summed E-state index contributed by atoms with van der Waals surface area (Å²) in [7, 11) is 0. The van der Waals surface area contributed by atoms with Gasteiger partial charge in [-0.2, -0.15) is 0 Å². The summed E-state index contributed by atoms with van der Waals surface area (Å²) in [5.74, 6) is 0. The van der Waals surface area contributed by atoms with Gasteiger partial charge in [0, 0.05) is 61.6 Å². The maximum atomic E-state index is 7.59. The molecule has 5 aliphatic heterocycles. The summed E-state index contributed by atoms with van der Waals surface area (Å²) in [5.41, 5.74) is 18.3. The summed E-state index contributed by atoms with van der Waals surface area (Å²) in [4.78, 5) is 5.39. The lowest BCUT2D eigenvalue weighted by atomic mass is 9.57. The molecule has 9 rings (SSSR count). The van der Waals surface area contributed by atoms with Gasteiger partial charge in [0.05, 0.1) is 17.2 Å². The normalized spacial score (nSPS) is 24.5. The number of halogens is 2. The molecular weight excluding hydrogens is 664 g/mol. The van der Waals surface area contributed by atoms with Crippen LogP contribution in [-0.2, 0) is 28.6 Å². The second-order valence-electron chi connectivity index (χ2n) is 16.7. The number of allylic oxidation sites excluding steroid dienone is 2. The van der Waals surface area contributed by atoms with E-state index < -0.39 is 5.60 Å². The van der Waals surface area contributed by atoms with Crippen LogP contribution in [0.4, 0.5) is 11.4 Å². The average Bonchev–Trinajstić information content (AvgIpc) is 3.28. The van der Waals surface area contributed by atoms with Crippen LogP contribution in [-0.4, -0.2) is 24.2 Å². The molecule has 0 saturated carbocycles. The summed E-state index contributed by atoms with van der Waals surface area (Å²) in [6.45, 7) is 23.6. The van der Waals surface area contributed by atoms with E-state index in [1.54, 1.807) is 0 Å². The Morgan fingerprint density at radius 2 is 1.23 bits per heavy atom. The molecule has 6 aliphatic rings. The molecule has 0 bridgehead atoms. The van der Waals surface area contributed by atoms with Gasteiger partial charge in [0.25, 0.3) is 0 Å². The quantitative estimate of drug-likeness (QED) is 0.231. The molecule has 1 aliphatic carbocycles. The fourth-order valence-corrected chi connectivity index (χ4v) is 12.0. The van der Waals surface area contributed by atoms with Crippen LogP contribution in [0.15, 0.2) is 40.9 Å². The molecule has 0 amide bonds. The Morgan fingerprint density at radius 1 is 0.745 bits per heavy atom. The number of rotatable bonds is 0. The third kappa shape index (κ3) is 3.68. The number of benzene rings is 3. The Balaban J connectivity index is 1.49. The number of ether oxygens (including phenoxy) is 1. The molecule has 0 N–H and O–H groups in total. The van der Waals surface area contributed by atoms with E-state index in [-0.39, 0.29) is 22.6 Å². The van der Waals surface area contributed by atoms with Crippen LogP contribution in [0.25, 0.3) is 11.1 Å². The van der Waals surface area contributed by atoms with Crippen molar-refractivity contribution in [1.82, 2.24) is 0 Å². The summed E-state index contributed by atoms with van der Waals surface area (Å²) < 4.78 is 8.59. The zero-order chi connectivity index (χ0) is 33.2. The van der Waals surface area contributed by atoms with Crippen LogP contribution < -0.4 is 9.80 Å². The minimum Gasteiger partial charge on any atom is -0.362 e. The van der Waals surface area contributed by atoms with Crippen LogP contribution in [0.1, 0.15) is 137 Å². The van der Waals surface area contributed by atoms with Crippen LogP contribution in [0.5, 0.6) is 0 Å². The first-order valence-corrected chi connectivity index (χ1v) is 18.8. The van der Waals surface area contributed by atoms with Crippen molar-refractivity contribution >= 4 is 50.1 Å². The van der Waals surface area contributed by atoms with E-state index >= 15 is 0 Å². The van der Waals surface area contributed by atoms with Gasteiger partial charge in [-0.3, -0.25) is 0 Å². The van der Waals surface area contributed by atoms with E-state index in [4.69, 9.17) is 16.3 Å². The van der Waals surface area contributed by atoms with Gasteiger partial charge in [0.1, 0.15) is 5.60 Å². The smallest absolute Gasteiger partial charge is 0.145 e. The van der Waals surface area contributed by atoms with Gasteiger partial charge in [0.2, 0.25) is 0 Å². The highest BCUT2D eigenvalue weighted by Gasteiger charge is 2.58. The number of fused-ring (bicyclic) bond motifs is 8. The minimum atomic E-state index is -0.773. The number of hydrogen-bond donors (Lipinski definition) is 0. The van der Waals surface area contributed by atoms with Gasteiger partial charge < -0.3 is 14.5 Å². The summed E-state index contributed by atoms with van der Waals surface area (Å²) in [6.07, 6.45) is 9.30. The van der Waals surface area contributed by atoms with Gasteiger partial charge in [-0.15, -0.1) is 0 Å². The lowest BCUT2D eigenvalue weighted by molar-refractivity contribution is -0.0171. The van der Waals surface area contributed by atoms with Crippen LogP contribution >= 0.6 is 27.5 Å². The third-order valence-electron chi connectivity index (χ3n) is 12.6. The molecule has 0 radical (unpaired) electrons. The Labute approximate surface area is 294 Å². The van der Waals surface area contributed by atoms with Crippen molar-refractivity contribution < 1.29 is 4.74 Å². The van der Waals surface area contributed by atoms with Crippen LogP contribution in [0.3, 0.4) is 0 Å². The highest BCUT2D eigenvalue weighted by molar-refractivity contribution is 9.10. The molecule has 5 heterocycles. The molecule has 5 heteroatoms. The summed E-state index contributed by atoms with van der Waals surface area (Å²) in [5, 5.41) is 0.776. The van der Waals surface area contributed by atoms with Crippen molar-refractivity contribution in [3.63, 3.8) is 0 Å². The van der Waals surface area contributed by atoms with Crippen molar-refractivity contribution in [2.45, 2.75) is 116 Å². The fourth-order valence-electron chi connectivity index (χ4n) is 11.1. The highest BCUT2D eigenvalue weighted by Crippen LogP contribution is 2.65. The zero-order valence-electron chi connectivity index (χ0n) is 29.3. The van der Waals surface area contributed by atoms with Gasteiger partial charge in [-0.1, -0.05) is 53.5 Å². The van der Waals surface area contributed by atoms with Crippen LogP contribution in [0.2, 0.25) is 5.02 Å². The largest absolute Gasteiger partial charge is 0.362 e. The lowest BCUT2D eigenvalue weighted by Crippen LogP contribution is -2.51. The Morgan fingerprint density at radius 3 is 1.72 bits per heavy atom. The average molecular weight is 710 g/mol. The molecular formula is C42H46BrClN2O.